The van der Waals surface area contributed by atoms with Crippen molar-refractivity contribution in [2.24, 2.45) is 17.2 Å². The summed E-state index contributed by atoms with van der Waals surface area (Å²) in [5.41, 5.74) is 14.5. The number of thiophene rings is 1. The predicted octanol–water partition coefficient (Wildman–Crippen LogP) is -0.377. The molecular weight excluding hydrogens is 258 g/mol. The van der Waals surface area contributed by atoms with Gasteiger partial charge < -0.3 is 22.5 Å². The number of nitrogens with two attached hydrogens (primary N) is 3. The maximum Gasteiger partial charge on any atom is 0.317 e. The lowest BCUT2D eigenvalue weighted by Gasteiger charge is -2.18. The Morgan fingerprint density at radius 1 is 1.44 bits per heavy atom. The summed E-state index contributed by atoms with van der Waals surface area (Å²) in [6.45, 7) is 1.45. The molecular formula is C9H13N5O3S. The van der Waals surface area contributed by atoms with Crippen LogP contribution in [0.25, 0.3) is 0 Å². The summed E-state index contributed by atoms with van der Waals surface area (Å²) in [6.07, 6.45) is 0.512. The van der Waals surface area contributed by atoms with Crippen LogP contribution in [0.5, 0.6) is 0 Å². The van der Waals surface area contributed by atoms with Crippen LogP contribution in [0, 0.1) is 0 Å². The lowest BCUT2D eigenvalue weighted by Crippen LogP contribution is -2.45. The fourth-order valence-electron chi connectivity index (χ4n) is 1.14. The van der Waals surface area contributed by atoms with Crippen LogP contribution in [0.2, 0.25) is 0 Å². The molecule has 1 heterocycles. The first kappa shape index (κ1) is 13.9. The van der Waals surface area contributed by atoms with Crippen molar-refractivity contribution in [1.29, 1.82) is 0 Å². The molecule has 0 fully saturated rings. The molecule has 8 N–H and O–H groups in total. The SMILES string of the molecule is C[C@@](N)(C=O)Nc1cc(C(N)=O)c(NC(N)=O)s1. The molecule has 1 aromatic rings. The van der Waals surface area contributed by atoms with E-state index in [1.54, 1.807) is 0 Å². The molecule has 18 heavy (non-hydrogen) atoms. The van der Waals surface area contributed by atoms with E-state index in [0.29, 0.717) is 11.3 Å². The highest BCUT2D eigenvalue weighted by molar-refractivity contribution is 7.20. The summed E-state index contributed by atoms with van der Waals surface area (Å²) in [5.74, 6) is -0.729. The van der Waals surface area contributed by atoms with E-state index < -0.39 is 17.6 Å². The van der Waals surface area contributed by atoms with Gasteiger partial charge in [-0.05, 0) is 13.0 Å². The molecule has 1 rings (SSSR count). The van der Waals surface area contributed by atoms with Crippen molar-refractivity contribution in [3.8, 4) is 0 Å². The van der Waals surface area contributed by atoms with Gasteiger partial charge in [0.25, 0.3) is 5.91 Å². The quantitative estimate of drug-likeness (QED) is 0.365. The topological polar surface area (TPSA) is 153 Å². The number of hydrogen-bond acceptors (Lipinski definition) is 6. The second-order valence-electron chi connectivity index (χ2n) is 3.73. The number of aldehydes is 1. The highest BCUT2D eigenvalue weighted by Crippen LogP contribution is 2.32. The molecule has 0 saturated carbocycles. The second kappa shape index (κ2) is 5.02. The smallest absolute Gasteiger partial charge is 0.317 e. The highest BCUT2D eigenvalue weighted by Gasteiger charge is 2.21. The molecule has 0 aromatic carbocycles. The first-order valence-corrected chi connectivity index (χ1v) is 5.60. The van der Waals surface area contributed by atoms with Crippen molar-refractivity contribution in [3.05, 3.63) is 11.6 Å². The molecule has 0 aliphatic heterocycles. The molecule has 1 aromatic heterocycles. The normalized spacial score (nSPS) is 13.4. The minimum Gasteiger partial charge on any atom is -0.366 e. The van der Waals surface area contributed by atoms with Gasteiger partial charge in [0.05, 0.1) is 10.6 Å². The van der Waals surface area contributed by atoms with Gasteiger partial charge in [-0.1, -0.05) is 11.3 Å². The molecule has 8 nitrogen and oxygen atoms in total. The van der Waals surface area contributed by atoms with Crippen molar-refractivity contribution in [2.45, 2.75) is 12.6 Å². The van der Waals surface area contributed by atoms with Crippen LogP contribution in [0.1, 0.15) is 17.3 Å². The third-order valence-corrected chi connectivity index (χ3v) is 2.84. The molecule has 0 unspecified atom stereocenters. The molecule has 1 atom stereocenters. The molecule has 98 valence electrons. The Kier molecular flexibility index (Phi) is 3.89. The summed E-state index contributed by atoms with van der Waals surface area (Å²) in [5, 5.41) is 5.55. The molecule has 0 bridgehead atoms. The van der Waals surface area contributed by atoms with Crippen LogP contribution in [0.4, 0.5) is 14.8 Å². The van der Waals surface area contributed by atoms with E-state index in [1.807, 2.05) is 0 Å². The van der Waals surface area contributed by atoms with Gasteiger partial charge in [0.1, 0.15) is 10.7 Å². The number of primary amides is 2. The zero-order valence-electron chi connectivity index (χ0n) is 9.52. The van der Waals surface area contributed by atoms with Crippen LogP contribution in [0.15, 0.2) is 6.07 Å². The van der Waals surface area contributed by atoms with E-state index in [4.69, 9.17) is 17.2 Å². The van der Waals surface area contributed by atoms with Gasteiger partial charge in [-0.2, -0.15) is 0 Å². The standard InChI is InChI=1S/C9H13N5O3S/c1-9(12,3-15)14-5-2-4(6(10)16)7(18-5)13-8(11)17/h2-3,14H,12H2,1H3,(H2,10,16)(H3,11,13,17)/t9-/m0/s1. The minimum absolute atomic E-state index is 0.0861. The van der Waals surface area contributed by atoms with E-state index in [2.05, 4.69) is 10.6 Å². The van der Waals surface area contributed by atoms with Crippen molar-refractivity contribution in [2.75, 3.05) is 10.6 Å². The Bertz CT molecular complexity index is 496. The third-order valence-electron chi connectivity index (χ3n) is 1.87. The molecule has 0 aliphatic carbocycles. The lowest BCUT2D eigenvalue weighted by atomic mass is 10.2. The summed E-state index contributed by atoms with van der Waals surface area (Å²) >= 11 is 0.996. The van der Waals surface area contributed by atoms with Crippen LogP contribution in [-0.2, 0) is 4.79 Å². The molecule has 0 aliphatic rings. The first-order chi connectivity index (χ1) is 8.25. The number of carbonyl (C=O) groups excluding carboxylic acids is 3. The van der Waals surface area contributed by atoms with Crippen molar-refractivity contribution in [1.82, 2.24) is 0 Å². The van der Waals surface area contributed by atoms with Gasteiger partial charge >= 0.3 is 6.03 Å². The fourth-order valence-corrected chi connectivity index (χ4v) is 2.22. The Morgan fingerprint density at radius 2 is 2.06 bits per heavy atom. The monoisotopic (exact) mass is 271 g/mol. The van der Waals surface area contributed by atoms with Crippen molar-refractivity contribution in [3.63, 3.8) is 0 Å². The number of rotatable bonds is 5. The first-order valence-electron chi connectivity index (χ1n) is 4.78. The number of urea groups is 1. The van der Waals surface area contributed by atoms with Gasteiger partial charge in [-0.15, -0.1) is 0 Å². The van der Waals surface area contributed by atoms with E-state index in [-0.39, 0.29) is 10.6 Å². The third kappa shape index (κ3) is 3.43. The number of hydrogen-bond donors (Lipinski definition) is 5. The van der Waals surface area contributed by atoms with Gasteiger partial charge in [-0.25, -0.2) is 4.79 Å². The van der Waals surface area contributed by atoms with Gasteiger partial charge in [0.15, 0.2) is 6.29 Å². The van der Waals surface area contributed by atoms with Crippen LogP contribution >= 0.6 is 11.3 Å². The molecule has 9 heteroatoms. The Morgan fingerprint density at radius 3 is 2.50 bits per heavy atom. The van der Waals surface area contributed by atoms with Gasteiger partial charge in [-0.3, -0.25) is 14.9 Å². The predicted molar refractivity (Wildman–Crippen MR) is 68.3 cm³/mol. The van der Waals surface area contributed by atoms with Gasteiger partial charge in [0, 0.05) is 0 Å². The zero-order chi connectivity index (χ0) is 13.9. The van der Waals surface area contributed by atoms with E-state index in [1.165, 1.54) is 13.0 Å². The highest BCUT2D eigenvalue weighted by atomic mass is 32.1. The Hall–Kier alpha value is -2.13. The number of anilines is 2. The number of amides is 3. The van der Waals surface area contributed by atoms with Crippen molar-refractivity contribution < 1.29 is 14.4 Å². The maximum atomic E-state index is 11.2. The average molecular weight is 271 g/mol. The molecule has 0 saturated heterocycles. The van der Waals surface area contributed by atoms with Crippen LogP contribution in [0.3, 0.4) is 0 Å². The summed E-state index contributed by atoms with van der Waals surface area (Å²) in [7, 11) is 0. The fraction of sp³-hybridized carbons (Fsp3) is 0.222. The lowest BCUT2D eigenvalue weighted by molar-refractivity contribution is -0.110. The molecule has 3 amide bonds. The Labute approximate surface area is 107 Å². The zero-order valence-corrected chi connectivity index (χ0v) is 10.3. The van der Waals surface area contributed by atoms with Gasteiger partial charge in [0.2, 0.25) is 0 Å². The number of nitrogens with one attached hydrogen (secondary N) is 2. The van der Waals surface area contributed by atoms with Crippen LogP contribution in [-0.4, -0.2) is 23.9 Å². The second-order valence-corrected chi connectivity index (χ2v) is 4.78. The van der Waals surface area contributed by atoms with Crippen LogP contribution < -0.4 is 27.8 Å². The molecule has 0 spiro atoms. The Balaban J connectivity index is 3.06. The van der Waals surface area contributed by atoms with E-state index >= 15 is 0 Å². The van der Waals surface area contributed by atoms with Crippen molar-refractivity contribution >= 4 is 39.6 Å². The maximum absolute atomic E-state index is 11.2. The van der Waals surface area contributed by atoms with E-state index in [0.717, 1.165) is 11.3 Å². The largest absolute Gasteiger partial charge is 0.366 e. The molecule has 0 radical (unpaired) electrons. The summed E-state index contributed by atoms with van der Waals surface area (Å²) in [6, 6.07) is 0.559. The summed E-state index contributed by atoms with van der Waals surface area (Å²) in [4.78, 5) is 32.6. The van der Waals surface area contributed by atoms with E-state index in [9.17, 15) is 14.4 Å². The minimum atomic E-state index is -1.29. The summed E-state index contributed by atoms with van der Waals surface area (Å²) < 4.78 is 0. The average Bonchev–Trinajstić information content (AvgIpc) is 2.59. The number of carbonyl (C=O) groups is 3.